The Bertz CT molecular complexity index is 933. The molecule has 110 valence electrons. The fourth-order valence-corrected chi connectivity index (χ4v) is 2.17. The first-order chi connectivity index (χ1) is 10.6. The van der Waals surface area contributed by atoms with Crippen LogP contribution in [-0.2, 0) is 0 Å². The summed E-state index contributed by atoms with van der Waals surface area (Å²) in [6.45, 7) is 0. The van der Waals surface area contributed by atoms with Gasteiger partial charge in [-0.25, -0.2) is 4.98 Å². The third-order valence-corrected chi connectivity index (χ3v) is 3.28. The van der Waals surface area contributed by atoms with Crippen molar-refractivity contribution in [3.8, 4) is 11.4 Å². The molecule has 2 aromatic carbocycles. The summed E-state index contributed by atoms with van der Waals surface area (Å²) in [7, 11) is 1.53. The zero-order valence-electron chi connectivity index (χ0n) is 11.6. The Kier molecular flexibility index (Phi) is 3.30. The monoisotopic (exact) mass is 297 g/mol. The number of rotatable bonds is 3. The Morgan fingerprint density at radius 1 is 1.23 bits per heavy atom. The molecule has 1 heterocycles. The van der Waals surface area contributed by atoms with Crippen molar-refractivity contribution >= 4 is 16.6 Å². The molecule has 0 spiro atoms. The van der Waals surface area contributed by atoms with E-state index in [1.54, 1.807) is 24.3 Å². The first-order valence-corrected chi connectivity index (χ1v) is 6.40. The highest BCUT2D eigenvalue weighted by Crippen LogP contribution is 2.18. The molecule has 0 radical (unpaired) electrons. The molecular formula is C15H11N3O4. The predicted octanol–water partition coefficient (Wildman–Crippen LogP) is 2.30. The summed E-state index contributed by atoms with van der Waals surface area (Å²) in [5, 5.41) is 11.0. The van der Waals surface area contributed by atoms with E-state index in [0.29, 0.717) is 17.0 Å². The Morgan fingerprint density at radius 3 is 2.77 bits per heavy atom. The van der Waals surface area contributed by atoms with Crippen molar-refractivity contribution in [3.63, 3.8) is 0 Å². The quantitative estimate of drug-likeness (QED) is 0.547. The van der Waals surface area contributed by atoms with Gasteiger partial charge in [0.2, 0.25) is 0 Å². The number of non-ortho nitro benzene ring substituents is 1. The van der Waals surface area contributed by atoms with Crippen LogP contribution < -0.4 is 10.3 Å². The molecule has 0 atom stereocenters. The second-order valence-corrected chi connectivity index (χ2v) is 4.58. The first kappa shape index (κ1) is 13.7. The zero-order valence-corrected chi connectivity index (χ0v) is 11.6. The highest BCUT2D eigenvalue weighted by atomic mass is 16.6. The number of hydrogen-bond donors (Lipinski definition) is 0. The lowest BCUT2D eigenvalue weighted by Crippen LogP contribution is -2.18. The van der Waals surface area contributed by atoms with Crippen molar-refractivity contribution in [1.29, 1.82) is 0 Å². The van der Waals surface area contributed by atoms with Gasteiger partial charge in [-0.05, 0) is 18.2 Å². The lowest BCUT2D eigenvalue weighted by molar-refractivity contribution is -0.384. The third-order valence-electron chi connectivity index (χ3n) is 3.28. The van der Waals surface area contributed by atoms with Crippen LogP contribution in [-0.4, -0.2) is 21.6 Å². The number of nitro benzene ring substituents is 1. The van der Waals surface area contributed by atoms with Gasteiger partial charge in [0, 0.05) is 18.2 Å². The molecule has 0 bridgehead atoms. The molecule has 0 N–H and O–H groups in total. The number of ether oxygens (including phenoxy) is 1. The minimum absolute atomic E-state index is 0.144. The molecule has 0 aliphatic rings. The van der Waals surface area contributed by atoms with Gasteiger partial charge in [-0.3, -0.25) is 19.5 Å². The fourth-order valence-electron chi connectivity index (χ4n) is 2.17. The Balaban J connectivity index is 2.24. The van der Waals surface area contributed by atoms with Crippen LogP contribution in [0.1, 0.15) is 0 Å². The first-order valence-electron chi connectivity index (χ1n) is 6.40. The molecule has 0 aliphatic heterocycles. The number of hydrogen-bond acceptors (Lipinski definition) is 5. The minimum Gasteiger partial charge on any atom is -0.497 e. The van der Waals surface area contributed by atoms with E-state index in [1.165, 1.54) is 36.2 Å². The smallest absolute Gasteiger partial charge is 0.270 e. The molecule has 0 saturated heterocycles. The minimum atomic E-state index is -0.540. The van der Waals surface area contributed by atoms with Crippen LogP contribution in [0.4, 0.5) is 5.69 Å². The summed E-state index contributed by atoms with van der Waals surface area (Å²) in [6.07, 6.45) is 1.39. The molecule has 1 aromatic heterocycles. The molecule has 0 unspecified atom stereocenters. The van der Waals surface area contributed by atoms with Crippen LogP contribution in [0.5, 0.6) is 5.75 Å². The summed E-state index contributed by atoms with van der Waals surface area (Å²) in [5.41, 5.74) is 0.469. The van der Waals surface area contributed by atoms with Gasteiger partial charge in [-0.2, -0.15) is 0 Å². The van der Waals surface area contributed by atoms with Crippen LogP contribution in [0.15, 0.2) is 53.6 Å². The average molecular weight is 297 g/mol. The Labute approximate surface area is 124 Å². The van der Waals surface area contributed by atoms with Gasteiger partial charge in [-0.15, -0.1) is 0 Å². The lowest BCUT2D eigenvalue weighted by atomic mass is 10.2. The summed E-state index contributed by atoms with van der Waals surface area (Å²) >= 11 is 0. The topological polar surface area (TPSA) is 87.3 Å². The summed E-state index contributed by atoms with van der Waals surface area (Å²) < 4.78 is 6.46. The van der Waals surface area contributed by atoms with Gasteiger partial charge in [-0.1, -0.05) is 6.07 Å². The molecule has 3 aromatic rings. The number of aromatic nitrogens is 2. The van der Waals surface area contributed by atoms with Crippen LogP contribution in [0, 0.1) is 10.1 Å². The van der Waals surface area contributed by atoms with Gasteiger partial charge in [0.1, 0.15) is 12.1 Å². The standard InChI is InChI=1S/C15H11N3O4/c1-22-12-4-2-3-10(7-12)17-9-16-14-6-5-11(18(20)21)8-13(14)15(17)19/h2-9H,1H3. The molecule has 7 nitrogen and oxygen atoms in total. The predicted molar refractivity (Wildman–Crippen MR) is 80.5 cm³/mol. The molecule has 0 aliphatic carbocycles. The van der Waals surface area contributed by atoms with Crippen LogP contribution in [0.3, 0.4) is 0 Å². The maximum absolute atomic E-state index is 12.6. The molecule has 7 heteroatoms. The number of fused-ring (bicyclic) bond motifs is 1. The van der Waals surface area contributed by atoms with Crippen LogP contribution in [0.2, 0.25) is 0 Å². The van der Waals surface area contributed by atoms with E-state index in [2.05, 4.69) is 4.98 Å². The van der Waals surface area contributed by atoms with Crippen molar-refractivity contribution < 1.29 is 9.66 Å². The SMILES string of the molecule is COc1cccc(-n2cnc3ccc([N+](=O)[O-])cc3c2=O)c1. The van der Waals surface area contributed by atoms with E-state index in [9.17, 15) is 14.9 Å². The van der Waals surface area contributed by atoms with E-state index in [0.717, 1.165) is 0 Å². The van der Waals surface area contributed by atoms with Gasteiger partial charge in [0.15, 0.2) is 0 Å². The van der Waals surface area contributed by atoms with Gasteiger partial charge in [0.25, 0.3) is 11.2 Å². The molecular weight excluding hydrogens is 286 g/mol. The fraction of sp³-hybridized carbons (Fsp3) is 0.0667. The van der Waals surface area contributed by atoms with Gasteiger partial charge in [0.05, 0.1) is 28.6 Å². The van der Waals surface area contributed by atoms with Crippen LogP contribution in [0.25, 0.3) is 16.6 Å². The number of benzene rings is 2. The highest BCUT2D eigenvalue weighted by Gasteiger charge is 2.11. The molecule has 22 heavy (non-hydrogen) atoms. The molecule has 3 rings (SSSR count). The van der Waals surface area contributed by atoms with Crippen LogP contribution >= 0.6 is 0 Å². The van der Waals surface area contributed by atoms with Crippen molar-refractivity contribution in [3.05, 3.63) is 69.3 Å². The van der Waals surface area contributed by atoms with E-state index in [4.69, 9.17) is 4.74 Å². The number of methoxy groups -OCH3 is 1. The Hall–Kier alpha value is -3.22. The second-order valence-electron chi connectivity index (χ2n) is 4.58. The van der Waals surface area contributed by atoms with Crippen molar-refractivity contribution in [2.75, 3.05) is 7.11 Å². The molecule has 0 fully saturated rings. The van der Waals surface area contributed by atoms with E-state index < -0.39 is 4.92 Å². The maximum Gasteiger partial charge on any atom is 0.270 e. The van der Waals surface area contributed by atoms with E-state index in [1.807, 2.05) is 0 Å². The molecule has 0 saturated carbocycles. The lowest BCUT2D eigenvalue weighted by Gasteiger charge is -2.08. The van der Waals surface area contributed by atoms with Gasteiger partial charge >= 0.3 is 0 Å². The average Bonchev–Trinajstić information content (AvgIpc) is 2.55. The Morgan fingerprint density at radius 2 is 2.05 bits per heavy atom. The van der Waals surface area contributed by atoms with E-state index >= 15 is 0 Å². The number of nitrogens with zero attached hydrogens (tertiary/aromatic N) is 3. The van der Waals surface area contributed by atoms with E-state index in [-0.39, 0.29) is 16.6 Å². The summed E-state index contributed by atoms with van der Waals surface area (Å²) in [4.78, 5) is 27.1. The second kappa shape index (κ2) is 5.28. The number of nitro groups is 1. The maximum atomic E-state index is 12.6. The third kappa shape index (κ3) is 2.28. The van der Waals surface area contributed by atoms with Crippen molar-refractivity contribution in [1.82, 2.24) is 9.55 Å². The zero-order chi connectivity index (χ0) is 15.7. The summed E-state index contributed by atoms with van der Waals surface area (Å²) in [5.74, 6) is 0.600. The normalized spacial score (nSPS) is 10.6. The summed E-state index contributed by atoms with van der Waals surface area (Å²) in [6, 6.07) is 10.9. The van der Waals surface area contributed by atoms with Gasteiger partial charge < -0.3 is 4.74 Å². The van der Waals surface area contributed by atoms with Crippen molar-refractivity contribution in [2.45, 2.75) is 0 Å². The molecule has 0 amide bonds. The van der Waals surface area contributed by atoms with Crippen molar-refractivity contribution in [2.24, 2.45) is 0 Å². The largest absolute Gasteiger partial charge is 0.497 e. The highest BCUT2D eigenvalue weighted by molar-refractivity contribution is 5.80.